The van der Waals surface area contributed by atoms with Crippen molar-refractivity contribution in [2.24, 2.45) is 0 Å². The van der Waals surface area contributed by atoms with Crippen LogP contribution in [0.15, 0.2) is 217 Å². The molecular weight excluding hydrogens is 695 g/mol. The van der Waals surface area contributed by atoms with E-state index >= 15 is 0 Å². The van der Waals surface area contributed by atoms with Crippen LogP contribution in [0.1, 0.15) is 11.5 Å². The minimum Gasteiger partial charge on any atom is -0.485 e. The molecule has 0 saturated heterocycles. The third-order valence-corrected chi connectivity index (χ3v) is 11.5. The van der Waals surface area contributed by atoms with Crippen molar-refractivity contribution in [3.8, 4) is 50.3 Å². The highest BCUT2D eigenvalue weighted by atomic mass is 16.5. The maximum absolute atomic E-state index is 6.34. The minimum absolute atomic E-state index is 0.0794. The average molecular weight is 732 g/mol. The number of fused-ring (bicyclic) bond motifs is 6. The fraction of sp³-hybridized carbons (Fsp3) is 0.0370. The molecule has 0 spiro atoms. The minimum atomic E-state index is 0.0794. The van der Waals surface area contributed by atoms with E-state index in [-0.39, 0.29) is 12.0 Å². The van der Waals surface area contributed by atoms with Gasteiger partial charge in [0.1, 0.15) is 23.0 Å². The van der Waals surface area contributed by atoms with Crippen LogP contribution in [0.2, 0.25) is 0 Å². The van der Waals surface area contributed by atoms with Crippen molar-refractivity contribution in [1.82, 2.24) is 0 Å². The van der Waals surface area contributed by atoms with Crippen molar-refractivity contribution in [2.45, 2.75) is 12.0 Å². The summed E-state index contributed by atoms with van der Waals surface area (Å²) >= 11 is 0. The number of benzene rings is 8. The Morgan fingerprint density at radius 3 is 1.49 bits per heavy atom. The van der Waals surface area contributed by atoms with E-state index in [0.29, 0.717) is 0 Å². The van der Waals surface area contributed by atoms with Gasteiger partial charge in [-0.3, -0.25) is 0 Å². The first-order valence-electron chi connectivity index (χ1n) is 19.6. The summed E-state index contributed by atoms with van der Waals surface area (Å²) < 4.78 is 12.6. The lowest BCUT2D eigenvalue weighted by atomic mass is 9.91. The number of ether oxygens (including phenoxy) is 1. The normalized spacial score (nSPS) is 15.4. The molecule has 2 heterocycles. The molecule has 11 rings (SSSR count). The quantitative estimate of drug-likeness (QED) is 0.163. The Hall–Kier alpha value is -7.36. The summed E-state index contributed by atoms with van der Waals surface area (Å²) in [5, 5.41) is 2.28. The van der Waals surface area contributed by atoms with E-state index in [1.807, 2.05) is 12.1 Å². The summed E-state index contributed by atoms with van der Waals surface area (Å²) in [6.45, 7) is 0. The lowest BCUT2D eigenvalue weighted by molar-refractivity contribution is 0.269. The molecule has 0 radical (unpaired) electrons. The molecule has 2 unspecified atom stereocenters. The number of allylic oxidation sites excluding steroid dienone is 2. The molecular formula is C54H37NO2. The van der Waals surface area contributed by atoms with E-state index < -0.39 is 0 Å². The molecule has 0 bridgehead atoms. The van der Waals surface area contributed by atoms with E-state index in [9.17, 15) is 0 Å². The number of furan rings is 1. The number of anilines is 3. The fourth-order valence-corrected chi connectivity index (χ4v) is 8.47. The summed E-state index contributed by atoms with van der Waals surface area (Å²) in [5.74, 6) is 1.26. The standard InChI is InChI=1S/C54H37NO2/c1-2-8-36(9-3-1)37-14-16-38(17-15-37)39-18-26-44(27-19-39)55(45-28-20-40(21-29-45)42-24-32-49-47-10-4-6-12-51(47)56-53(49)34-42)46-30-22-41(23-31-46)43-25-33-50-48-11-5-7-13-52(48)57-54(50)35-43/h1-35,47,51H. The van der Waals surface area contributed by atoms with Crippen LogP contribution in [0.3, 0.4) is 0 Å². The predicted octanol–water partition coefficient (Wildman–Crippen LogP) is 14.7. The maximum atomic E-state index is 6.34. The second-order valence-corrected chi connectivity index (χ2v) is 14.9. The van der Waals surface area contributed by atoms with Gasteiger partial charge in [0.2, 0.25) is 0 Å². The molecule has 0 fully saturated rings. The van der Waals surface area contributed by atoms with Crippen molar-refractivity contribution in [2.75, 3.05) is 4.90 Å². The van der Waals surface area contributed by atoms with Crippen molar-refractivity contribution in [1.29, 1.82) is 0 Å². The van der Waals surface area contributed by atoms with Crippen molar-refractivity contribution in [3.05, 3.63) is 218 Å². The van der Waals surface area contributed by atoms with Gasteiger partial charge < -0.3 is 14.1 Å². The van der Waals surface area contributed by atoms with Crippen LogP contribution in [0.25, 0.3) is 66.4 Å². The van der Waals surface area contributed by atoms with Crippen LogP contribution in [0.5, 0.6) is 5.75 Å². The van der Waals surface area contributed by atoms with Gasteiger partial charge in [-0.2, -0.15) is 0 Å². The molecule has 3 nitrogen and oxygen atoms in total. The Kier molecular flexibility index (Phi) is 7.96. The third kappa shape index (κ3) is 6.01. The zero-order valence-electron chi connectivity index (χ0n) is 31.1. The first kappa shape index (κ1) is 33.0. The molecule has 3 heteroatoms. The molecule has 2 aliphatic rings. The van der Waals surface area contributed by atoms with Gasteiger partial charge in [-0.25, -0.2) is 0 Å². The van der Waals surface area contributed by atoms with Crippen molar-refractivity contribution >= 4 is 39.0 Å². The SMILES string of the molecule is C1=CC2Oc3cc(-c4ccc(N(c5ccc(-c6ccc(-c7ccccc7)cc6)cc5)c5ccc(-c6ccc7c(c6)oc6ccccc67)cc5)cc4)ccc3C2C=C1. The molecule has 57 heavy (non-hydrogen) atoms. The largest absolute Gasteiger partial charge is 0.485 e. The Labute approximate surface area is 332 Å². The van der Waals surface area contributed by atoms with Gasteiger partial charge in [-0.05, 0) is 111 Å². The van der Waals surface area contributed by atoms with Gasteiger partial charge in [0.05, 0.1) is 0 Å². The fourth-order valence-electron chi connectivity index (χ4n) is 8.47. The molecule has 1 aliphatic heterocycles. The van der Waals surface area contributed by atoms with Crippen LogP contribution in [-0.4, -0.2) is 6.10 Å². The van der Waals surface area contributed by atoms with Gasteiger partial charge in [0.25, 0.3) is 0 Å². The molecule has 8 aromatic carbocycles. The average Bonchev–Trinajstić information content (AvgIpc) is 3.85. The molecule has 1 aromatic heterocycles. The molecule has 270 valence electrons. The molecule has 1 aliphatic carbocycles. The highest BCUT2D eigenvalue weighted by Crippen LogP contribution is 2.44. The van der Waals surface area contributed by atoms with E-state index in [0.717, 1.165) is 67.0 Å². The van der Waals surface area contributed by atoms with Crippen LogP contribution >= 0.6 is 0 Å². The summed E-state index contributed by atoms with van der Waals surface area (Å²) in [5.41, 5.74) is 15.6. The number of para-hydroxylation sites is 1. The summed E-state index contributed by atoms with van der Waals surface area (Å²) in [6.07, 6.45) is 8.65. The van der Waals surface area contributed by atoms with Gasteiger partial charge in [-0.15, -0.1) is 0 Å². The van der Waals surface area contributed by atoms with Crippen molar-refractivity contribution in [3.63, 3.8) is 0 Å². The second kappa shape index (κ2) is 13.7. The highest BCUT2D eigenvalue weighted by molar-refractivity contribution is 6.05. The smallest absolute Gasteiger partial charge is 0.136 e. The van der Waals surface area contributed by atoms with Gasteiger partial charge >= 0.3 is 0 Å². The zero-order valence-corrected chi connectivity index (χ0v) is 31.1. The van der Waals surface area contributed by atoms with Gasteiger partial charge in [0, 0.05) is 39.3 Å². The zero-order chi connectivity index (χ0) is 37.7. The van der Waals surface area contributed by atoms with Crippen LogP contribution in [0.4, 0.5) is 17.1 Å². The van der Waals surface area contributed by atoms with E-state index in [2.05, 4.69) is 205 Å². The highest BCUT2D eigenvalue weighted by Gasteiger charge is 2.32. The first-order chi connectivity index (χ1) is 28.2. The first-order valence-corrected chi connectivity index (χ1v) is 19.6. The molecule has 0 amide bonds. The van der Waals surface area contributed by atoms with Gasteiger partial charge in [0.15, 0.2) is 0 Å². The Morgan fingerprint density at radius 2 is 0.842 bits per heavy atom. The number of nitrogens with zero attached hydrogens (tertiary/aromatic N) is 1. The lowest BCUT2D eigenvalue weighted by Crippen LogP contribution is -2.15. The topological polar surface area (TPSA) is 25.6 Å². The Morgan fingerprint density at radius 1 is 0.368 bits per heavy atom. The van der Waals surface area contributed by atoms with E-state index in [1.165, 1.54) is 27.8 Å². The maximum Gasteiger partial charge on any atom is 0.136 e. The third-order valence-electron chi connectivity index (χ3n) is 11.5. The summed E-state index contributed by atoms with van der Waals surface area (Å²) in [6, 6.07) is 67.3. The lowest BCUT2D eigenvalue weighted by Gasteiger charge is -2.26. The van der Waals surface area contributed by atoms with Crippen LogP contribution in [0, 0.1) is 0 Å². The van der Waals surface area contributed by atoms with Gasteiger partial charge in [-0.1, -0.05) is 146 Å². The Balaban J connectivity index is 0.924. The number of hydrogen-bond donors (Lipinski definition) is 0. The summed E-state index contributed by atoms with van der Waals surface area (Å²) in [7, 11) is 0. The molecule has 9 aromatic rings. The monoisotopic (exact) mass is 731 g/mol. The van der Waals surface area contributed by atoms with E-state index in [4.69, 9.17) is 9.15 Å². The summed E-state index contributed by atoms with van der Waals surface area (Å²) in [4.78, 5) is 2.33. The van der Waals surface area contributed by atoms with Crippen LogP contribution < -0.4 is 9.64 Å². The second-order valence-electron chi connectivity index (χ2n) is 14.9. The molecule has 0 N–H and O–H groups in total. The number of hydrogen-bond acceptors (Lipinski definition) is 3. The Bertz CT molecular complexity index is 2960. The molecule has 0 saturated carbocycles. The van der Waals surface area contributed by atoms with Crippen LogP contribution in [-0.2, 0) is 0 Å². The number of rotatable bonds is 7. The molecule has 2 atom stereocenters. The van der Waals surface area contributed by atoms with E-state index in [1.54, 1.807) is 0 Å². The predicted molar refractivity (Wildman–Crippen MR) is 236 cm³/mol. The van der Waals surface area contributed by atoms with Crippen molar-refractivity contribution < 1.29 is 9.15 Å².